The zero-order chi connectivity index (χ0) is 15.3. The number of carbonyl (C=O) groups excluding carboxylic acids is 1. The van der Waals surface area contributed by atoms with E-state index in [1.54, 1.807) is 14.2 Å². The summed E-state index contributed by atoms with van der Waals surface area (Å²) in [6, 6.07) is 7.27. The summed E-state index contributed by atoms with van der Waals surface area (Å²) < 4.78 is 16.2. The van der Waals surface area contributed by atoms with Gasteiger partial charge in [-0.15, -0.1) is 0 Å². The van der Waals surface area contributed by atoms with Crippen LogP contribution in [0.3, 0.4) is 0 Å². The minimum atomic E-state index is -0.546. The summed E-state index contributed by atoms with van der Waals surface area (Å²) in [5.41, 5.74) is 0.681. The van der Waals surface area contributed by atoms with Crippen LogP contribution in [-0.2, 0) is 9.47 Å². The highest BCUT2D eigenvalue weighted by molar-refractivity contribution is 5.94. The predicted octanol–water partition coefficient (Wildman–Crippen LogP) is 2.31. The van der Waals surface area contributed by atoms with Crippen molar-refractivity contribution in [2.45, 2.75) is 25.6 Å². The van der Waals surface area contributed by atoms with Crippen LogP contribution >= 0.6 is 0 Å². The number of benzene rings is 1. The number of hydrogen-bond donors (Lipinski definition) is 0. The molecule has 5 nitrogen and oxygen atoms in total. The largest absolute Gasteiger partial charge is 0.494 e. The lowest BCUT2D eigenvalue weighted by atomic mass is 10.0. The third kappa shape index (κ3) is 3.54. The summed E-state index contributed by atoms with van der Waals surface area (Å²) in [5, 5.41) is 0. The van der Waals surface area contributed by atoms with Crippen LogP contribution in [0.15, 0.2) is 24.3 Å². The van der Waals surface area contributed by atoms with E-state index in [-0.39, 0.29) is 5.91 Å². The number of hydrogen-bond acceptors (Lipinski definition) is 4. The monoisotopic (exact) mass is 293 g/mol. The Kier molecular flexibility index (Phi) is 5.20. The highest BCUT2D eigenvalue weighted by Gasteiger charge is 2.36. The van der Waals surface area contributed by atoms with E-state index in [1.807, 2.05) is 36.1 Å². The van der Waals surface area contributed by atoms with Crippen molar-refractivity contribution < 1.29 is 19.0 Å². The molecule has 21 heavy (non-hydrogen) atoms. The van der Waals surface area contributed by atoms with Gasteiger partial charge in [-0.25, -0.2) is 0 Å². The molecule has 1 amide bonds. The molecule has 1 aliphatic heterocycles. The molecule has 0 atom stereocenters. The van der Waals surface area contributed by atoms with Crippen LogP contribution in [0.1, 0.15) is 30.1 Å². The molecular formula is C16H23NO4. The first kappa shape index (κ1) is 15.8. The molecule has 1 fully saturated rings. The molecule has 0 aromatic heterocycles. The van der Waals surface area contributed by atoms with Gasteiger partial charge >= 0.3 is 0 Å². The molecule has 0 bridgehead atoms. The second kappa shape index (κ2) is 6.91. The molecule has 1 aromatic rings. The summed E-state index contributed by atoms with van der Waals surface area (Å²) in [6.45, 7) is 3.82. The lowest BCUT2D eigenvalue weighted by molar-refractivity contribution is -0.226. The third-order valence-corrected chi connectivity index (χ3v) is 3.97. The van der Waals surface area contributed by atoms with Gasteiger partial charge in [0.1, 0.15) is 5.75 Å². The zero-order valence-electron chi connectivity index (χ0n) is 12.9. The summed E-state index contributed by atoms with van der Waals surface area (Å²) in [4.78, 5) is 14.3. The van der Waals surface area contributed by atoms with Crippen molar-refractivity contribution >= 4 is 5.91 Å². The number of likely N-dealkylation sites (tertiary alicyclic amines) is 1. The van der Waals surface area contributed by atoms with Crippen LogP contribution in [0.5, 0.6) is 5.75 Å². The van der Waals surface area contributed by atoms with Crippen molar-refractivity contribution in [2.24, 2.45) is 0 Å². The minimum absolute atomic E-state index is 0.0406. The summed E-state index contributed by atoms with van der Waals surface area (Å²) in [7, 11) is 3.29. The van der Waals surface area contributed by atoms with Crippen molar-refractivity contribution in [3.63, 3.8) is 0 Å². The molecule has 0 spiro atoms. The Hall–Kier alpha value is -1.59. The summed E-state index contributed by atoms with van der Waals surface area (Å²) in [5.74, 6) is 0.277. The topological polar surface area (TPSA) is 48.0 Å². The number of piperidine rings is 1. The molecule has 2 rings (SSSR count). The van der Waals surface area contributed by atoms with Crippen LogP contribution in [-0.4, -0.2) is 50.5 Å². The lowest BCUT2D eigenvalue weighted by Gasteiger charge is -2.39. The number of ether oxygens (including phenoxy) is 3. The molecular weight excluding hydrogens is 270 g/mol. The molecule has 0 radical (unpaired) electrons. The smallest absolute Gasteiger partial charge is 0.253 e. The second-order valence-corrected chi connectivity index (χ2v) is 5.07. The number of carbonyl (C=O) groups is 1. The van der Waals surface area contributed by atoms with E-state index in [1.165, 1.54) is 0 Å². The Morgan fingerprint density at radius 2 is 1.71 bits per heavy atom. The Balaban J connectivity index is 1.98. The maximum Gasteiger partial charge on any atom is 0.253 e. The Morgan fingerprint density at radius 1 is 1.14 bits per heavy atom. The number of nitrogens with zero attached hydrogens (tertiary/aromatic N) is 1. The van der Waals surface area contributed by atoms with Crippen LogP contribution < -0.4 is 4.74 Å². The van der Waals surface area contributed by atoms with E-state index in [9.17, 15) is 4.79 Å². The van der Waals surface area contributed by atoms with Gasteiger partial charge in [0.2, 0.25) is 0 Å². The molecule has 0 aliphatic carbocycles. The molecule has 0 N–H and O–H groups in total. The Morgan fingerprint density at radius 3 is 2.19 bits per heavy atom. The Bertz CT molecular complexity index is 458. The van der Waals surface area contributed by atoms with Gasteiger partial charge in [-0.05, 0) is 31.2 Å². The molecule has 116 valence electrons. The SMILES string of the molecule is CCOc1ccc(C(=O)N2CCC(OC)(OC)CC2)cc1. The van der Waals surface area contributed by atoms with Crippen molar-refractivity contribution in [1.82, 2.24) is 4.90 Å². The van der Waals surface area contributed by atoms with Crippen molar-refractivity contribution in [2.75, 3.05) is 33.9 Å². The lowest BCUT2D eigenvalue weighted by Crippen LogP contribution is -2.48. The quantitative estimate of drug-likeness (QED) is 0.782. The van der Waals surface area contributed by atoms with E-state index in [0.717, 1.165) is 5.75 Å². The minimum Gasteiger partial charge on any atom is -0.494 e. The number of rotatable bonds is 5. The van der Waals surface area contributed by atoms with Gasteiger partial charge in [-0.1, -0.05) is 0 Å². The first-order chi connectivity index (χ1) is 10.1. The summed E-state index contributed by atoms with van der Waals surface area (Å²) >= 11 is 0. The maximum absolute atomic E-state index is 12.5. The average molecular weight is 293 g/mol. The fourth-order valence-corrected chi connectivity index (χ4v) is 2.59. The normalized spacial score (nSPS) is 17.6. The Labute approximate surface area is 125 Å². The zero-order valence-corrected chi connectivity index (χ0v) is 12.9. The van der Waals surface area contributed by atoms with Gasteiger partial charge in [0.05, 0.1) is 6.61 Å². The molecule has 1 aromatic carbocycles. The maximum atomic E-state index is 12.5. The predicted molar refractivity (Wildman–Crippen MR) is 79.5 cm³/mol. The van der Waals surface area contributed by atoms with E-state index in [0.29, 0.717) is 38.1 Å². The average Bonchev–Trinajstić information content (AvgIpc) is 2.55. The second-order valence-electron chi connectivity index (χ2n) is 5.07. The van der Waals surface area contributed by atoms with E-state index >= 15 is 0 Å². The van der Waals surface area contributed by atoms with Crippen LogP contribution in [0.2, 0.25) is 0 Å². The van der Waals surface area contributed by atoms with Gasteiger partial charge in [-0.2, -0.15) is 0 Å². The van der Waals surface area contributed by atoms with Gasteiger partial charge in [0.15, 0.2) is 5.79 Å². The number of methoxy groups -OCH3 is 2. The highest BCUT2D eigenvalue weighted by atomic mass is 16.7. The summed E-state index contributed by atoms with van der Waals surface area (Å²) in [6.07, 6.45) is 1.37. The first-order valence-electron chi connectivity index (χ1n) is 7.26. The van der Waals surface area contributed by atoms with E-state index in [2.05, 4.69) is 0 Å². The van der Waals surface area contributed by atoms with Crippen molar-refractivity contribution in [3.05, 3.63) is 29.8 Å². The first-order valence-corrected chi connectivity index (χ1v) is 7.26. The van der Waals surface area contributed by atoms with Gasteiger partial charge in [0, 0.05) is 45.7 Å². The molecule has 1 saturated heterocycles. The standard InChI is InChI=1S/C16H23NO4/c1-4-21-14-7-5-13(6-8-14)15(18)17-11-9-16(19-2,20-3)10-12-17/h5-8H,4,9-12H2,1-3H3. The third-order valence-electron chi connectivity index (χ3n) is 3.97. The molecule has 5 heteroatoms. The van der Waals surface area contributed by atoms with Crippen molar-refractivity contribution in [1.29, 1.82) is 0 Å². The van der Waals surface area contributed by atoms with E-state index < -0.39 is 5.79 Å². The molecule has 0 saturated carbocycles. The van der Waals surface area contributed by atoms with Crippen molar-refractivity contribution in [3.8, 4) is 5.75 Å². The van der Waals surface area contributed by atoms with Crippen LogP contribution in [0, 0.1) is 0 Å². The molecule has 0 unspecified atom stereocenters. The van der Waals surface area contributed by atoms with Crippen LogP contribution in [0.4, 0.5) is 0 Å². The van der Waals surface area contributed by atoms with Gasteiger partial charge in [-0.3, -0.25) is 4.79 Å². The van der Waals surface area contributed by atoms with Crippen LogP contribution in [0.25, 0.3) is 0 Å². The van der Waals surface area contributed by atoms with E-state index in [4.69, 9.17) is 14.2 Å². The van der Waals surface area contributed by atoms with Gasteiger partial charge < -0.3 is 19.1 Å². The fourth-order valence-electron chi connectivity index (χ4n) is 2.59. The van der Waals surface area contributed by atoms with Gasteiger partial charge in [0.25, 0.3) is 5.91 Å². The highest BCUT2D eigenvalue weighted by Crippen LogP contribution is 2.27. The molecule has 1 aliphatic rings. The number of amides is 1. The molecule has 1 heterocycles. The fraction of sp³-hybridized carbons (Fsp3) is 0.562.